The van der Waals surface area contributed by atoms with Crippen molar-refractivity contribution < 1.29 is 4.79 Å². The summed E-state index contributed by atoms with van der Waals surface area (Å²) in [5.41, 5.74) is 5.33. The Balaban J connectivity index is 1.51. The molecule has 4 rings (SSSR count). The summed E-state index contributed by atoms with van der Waals surface area (Å²) < 4.78 is 0. The number of benzene rings is 2. The summed E-state index contributed by atoms with van der Waals surface area (Å²) in [6, 6.07) is 13.5. The molecule has 0 radical (unpaired) electrons. The van der Waals surface area contributed by atoms with E-state index in [1.54, 1.807) is 35.9 Å². The highest BCUT2D eigenvalue weighted by atomic mass is 32.1. The molecule has 0 unspecified atom stereocenters. The molecule has 2 aromatic carbocycles. The molecule has 0 saturated heterocycles. The molecule has 0 aliphatic carbocycles. The van der Waals surface area contributed by atoms with E-state index in [1.807, 2.05) is 25.1 Å². The van der Waals surface area contributed by atoms with E-state index in [2.05, 4.69) is 39.3 Å². The SMILES string of the molecule is Cc1ccccc1-c1nc(C)c(CNC(=O)c2ccc3nccnc3c2)s1. The van der Waals surface area contributed by atoms with Crippen molar-refractivity contribution in [2.45, 2.75) is 20.4 Å². The Morgan fingerprint density at radius 2 is 1.81 bits per heavy atom. The number of nitrogens with one attached hydrogen (secondary N) is 1. The first-order valence-corrected chi connectivity index (χ1v) is 9.45. The van der Waals surface area contributed by atoms with Gasteiger partial charge in [0.05, 0.1) is 23.3 Å². The third-order valence-corrected chi connectivity index (χ3v) is 5.60. The largest absolute Gasteiger partial charge is 0.347 e. The Labute approximate surface area is 161 Å². The molecule has 134 valence electrons. The van der Waals surface area contributed by atoms with Crippen LogP contribution in [0.3, 0.4) is 0 Å². The van der Waals surface area contributed by atoms with Crippen molar-refractivity contribution in [1.82, 2.24) is 20.3 Å². The van der Waals surface area contributed by atoms with Gasteiger partial charge in [0.2, 0.25) is 0 Å². The molecule has 0 spiro atoms. The maximum Gasteiger partial charge on any atom is 0.251 e. The zero-order valence-electron chi connectivity index (χ0n) is 15.1. The van der Waals surface area contributed by atoms with Crippen molar-refractivity contribution in [3.63, 3.8) is 0 Å². The highest BCUT2D eigenvalue weighted by Crippen LogP contribution is 2.30. The average molecular weight is 374 g/mol. The summed E-state index contributed by atoms with van der Waals surface area (Å²) in [5, 5.41) is 3.97. The van der Waals surface area contributed by atoms with Crippen molar-refractivity contribution in [3.8, 4) is 10.6 Å². The minimum atomic E-state index is -0.132. The number of thiazole rings is 1. The van der Waals surface area contributed by atoms with Crippen molar-refractivity contribution in [3.05, 3.63) is 76.6 Å². The lowest BCUT2D eigenvalue weighted by Gasteiger charge is -2.05. The summed E-state index contributed by atoms with van der Waals surface area (Å²) in [6.45, 7) is 4.51. The predicted octanol–water partition coefficient (Wildman–Crippen LogP) is 4.30. The lowest BCUT2D eigenvalue weighted by atomic mass is 10.1. The maximum atomic E-state index is 12.5. The van der Waals surface area contributed by atoms with Crippen LogP contribution < -0.4 is 5.32 Å². The molecule has 6 heteroatoms. The van der Waals surface area contributed by atoms with Crippen LogP contribution in [0.15, 0.2) is 54.9 Å². The third-order valence-electron chi connectivity index (χ3n) is 4.41. The fraction of sp³-hybridized carbons (Fsp3) is 0.143. The molecule has 2 aromatic heterocycles. The molecule has 0 aliphatic rings. The van der Waals surface area contributed by atoms with Crippen molar-refractivity contribution in [2.24, 2.45) is 0 Å². The molecule has 4 aromatic rings. The second-order valence-corrected chi connectivity index (χ2v) is 7.37. The van der Waals surface area contributed by atoms with Crippen LogP contribution in [0.1, 0.15) is 26.5 Å². The minimum absolute atomic E-state index is 0.132. The zero-order chi connectivity index (χ0) is 18.8. The number of hydrogen-bond acceptors (Lipinski definition) is 5. The van der Waals surface area contributed by atoms with E-state index in [0.29, 0.717) is 17.6 Å². The fourth-order valence-corrected chi connectivity index (χ4v) is 3.98. The number of carbonyl (C=O) groups is 1. The number of amides is 1. The molecule has 0 fully saturated rings. The first-order valence-electron chi connectivity index (χ1n) is 8.63. The molecule has 1 N–H and O–H groups in total. The quantitative estimate of drug-likeness (QED) is 0.578. The van der Waals surface area contributed by atoms with Gasteiger partial charge in [-0.05, 0) is 37.6 Å². The van der Waals surface area contributed by atoms with E-state index in [1.165, 1.54) is 5.56 Å². The minimum Gasteiger partial charge on any atom is -0.347 e. The molecular formula is C21H18N4OS. The zero-order valence-corrected chi connectivity index (χ0v) is 15.9. The monoisotopic (exact) mass is 374 g/mol. The molecule has 5 nitrogen and oxygen atoms in total. The summed E-state index contributed by atoms with van der Waals surface area (Å²) in [7, 11) is 0. The number of aryl methyl sites for hydroxylation is 2. The number of carbonyl (C=O) groups excluding carboxylic acids is 1. The van der Waals surface area contributed by atoms with E-state index < -0.39 is 0 Å². The second kappa shape index (κ2) is 7.25. The summed E-state index contributed by atoms with van der Waals surface area (Å²) in [4.78, 5) is 26.7. The lowest BCUT2D eigenvalue weighted by molar-refractivity contribution is 0.0951. The van der Waals surface area contributed by atoms with Crippen LogP contribution in [0.2, 0.25) is 0 Å². The van der Waals surface area contributed by atoms with Gasteiger partial charge in [0.25, 0.3) is 5.91 Å². The Bertz CT molecular complexity index is 1140. The molecule has 0 atom stereocenters. The topological polar surface area (TPSA) is 67.8 Å². The molecule has 0 aliphatic heterocycles. The Morgan fingerprint density at radius 3 is 2.63 bits per heavy atom. The van der Waals surface area contributed by atoms with Gasteiger partial charge in [-0.3, -0.25) is 14.8 Å². The van der Waals surface area contributed by atoms with Crippen LogP contribution in [-0.4, -0.2) is 20.9 Å². The van der Waals surface area contributed by atoms with Crippen LogP contribution in [0.4, 0.5) is 0 Å². The number of rotatable bonds is 4. The first-order chi connectivity index (χ1) is 13.1. The lowest BCUT2D eigenvalue weighted by Crippen LogP contribution is -2.22. The van der Waals surface area contributed by atoms with Crippen LogP contribution in [0, 0.1) is 13.8 Å². The number of aromatic nitrogens is 3. The number of hydrogen-bond donors (Lipinski definition) is 1. The molecule has 1 amide bonds. The second-order valence-electron chi connectivity index (χ2n) is 6.29. The third kappa shape index (κ3) is 3.57. The Kier molecular flexibility index (Phi) is 4.64. The molecular weight excluding hydrogens is 356 g/mol. The highest BCUT2D eigenvalue weighted by Gasteiger charge is 2.13. The molecule has 0 saturated carbocycles. The maximum absolute atomic E-state index is 12.5. The van der Waals surface area contributed by atoms with Crippen LogP contribution in [-0.2, 0) is 6.54 Å². The van der Waals surface area contributed by atoms with Crippen LogP contribution >= 0.6 is 11.3 Å². The Morgan fingerprint density at radius 1 is 1.04 bits per heavy atom. The molecule has 27 heavy (non-hydrogen) atoms. The molecule has 0 bridgehead atoms. The summed E-state index contributed by atoms with van der Waals surface area (Å²) >= 11 is 1.62. The van der Waals surface area contributed by atoms with Gasteiger partial charge >= 0.3 is 0 Å². The predicted molar refractivity (Wildman–Crippen MR) is 108 cm³/mol. The molecule has 2 heterocycles. The van der Waals surface area contributed by atoms with Gasteiger partial charge in [0, 0.05) is 28.4 Å². The smallest absolute Gasteiger partial charge is 0.251 e. The fourth-order valence-electron chi connectivity index (χ4n) is 2.89. The van der Waals surface area contributed by atoms with E-state index in [9.17, 15) is 4.79 Å². The summed E-state index contributed by atoms with van der Waals surface area (Å²) in [5.74, 6) is -0.132. The van der Waals surface area contributed by atoms with Gasteiger partial charge in [0.1, 0.15) is 5.01 Å². The van der Waals surface area contributed by atoms with Crippen molar-refractivity contribution in [2.75, 3.05) is 0 Å². The normalized spacial score (nSPS) is 10.9. The number of fused-ring (bicyclic) bond motifs is 1. The van der Waals surface area contributed by atoms with E-state index in [4.69, 9.17) is 0 Å². The van der Waals surface area contributed by atoms with Crippen molar-refractivity contribution >= 4 is 28.3 Å². The standard InChI is InChI=1S/C21H18N4OS/c1-13-5-3-4-6-16(13)21-25-14(2)19(27-21)12-24-20(26)15-7-8-17-18(11-15)23-10-9-22-17/h3-11H,12H2,1-2H3,(H,24,26). The van der Waals surface area contributed by atoms with Crippen LogP contribution in [0.5, 0.6) is 0 Å². The number of nitrogens with zero attached hydrogens (tertiary/aromatic N) is 3. The van der Waals surface area contributed by atoms with E-state index in [-0.39, 0.29) is 5.91 Å². The van der Waals surface area contributed by atoms with Gasteiger partial charge in [0.15, 0.2) is 0 Å². The summed E-state index contributed by atoms with van der Waals surface area (Å²) in [6.07, 6.45) is 3.26. The highest BCUT2D eigenvalue weighted by molar-refractivity contribution is 7.15. The van der Waals surface area contributed by atoms with Gasteiger partial charge in [-0.2, -0.15) is 0 Å². The van der Waals surface area contributed by atoms with Gasteiger partial charge in [-0.1, -0.05) is 24.3 Å². The van der Waals surface area contributed by atoms with Gasteiger partial charge in [-0.15, -0.1) is 11.3 Å². The van der Waals surface area contributed by atoms with Crippen molar-refractivity contribution in [1.29, 1.82) is 0 Å². The van der Waals surface area contributed by atoms with E-state index >= 15 is 0 Å². The van der Waals surface area contributed by atoms with Gasteiger partial charge in [-0.25, -0.2) is 4.98 Å². The van der Waals surface area contributed by atoms with Crippen LogP contribution in [0.25, 0.3) is 21.6 Å². The van der Waals surface area contributed by atoms with Gasteiger partial charge < -0.3 is 5.32 Å². The average Bonchev–Trinajstić information content (AvgIpc) is 3.06. The first kappa shape index (κ1) is 17.3. The Hall–Kier alpha value is -3.12. The van der Waals surface area contributed by atoms with E-state index in [0.717, 1.165) is 26.7 Å².